The zero-order valence-electron chi connectivity index (χ0n) is 14.2. The second-order valence-electron chi connectivity index (χ2n) is 6.14. The summed E-state index contributed by atoms with van der Waals surface area (Å²) in [6.45, 7) is 1.09. The number of hydrogen-bond donors (Lipinski definition) is 0. The van der Waals surface area contributed by atoms with Crippen molar-refractivity contribution in [3.8, 4) is 0 Å². The van der Waals surface area contributed by atoms with E-state index in [0.717, 1.165) is 5.56 Å². The number of sulfonamides is 1. The predicted molar refractivity (Wildman–Crippen MR) is 107 cm³/mol. The van der Waals surface area contributed by atoms with Crippen molar-refractivity contribution < 1.29 is 13.2 Å². The standard InChI is InChI=1S/C18H17Cl3N2O3S/c19-14-6-5-13(11-16(14)21)12-18(24)22-7-9-23(10-8-22)27(25,26)17-4-2-1-3-15(17)20/h1-6,11H,7-10,12H2. The third-order valence-corrected chi connectivity index (χ3v) is 7.52. The number of nitrogens with zero attached hydrogens (tertiary/aromatic N) is 2. The molecule has 0 aromatic heterocycles. The molecule has 0 atom stereocenters. The van der Waals surface area contributed by atoms with E-state index in [9.17, 15) is 13.2 Å². The van der Waals surface area contributed by atoms with E-state index in [-0.39, 0.29) is 35.3 Å². The van der Waals surface area contributed by atoms with Gasteiger partial charge in [-0.05, 0) is 29.8 Å². The lowest BCUT2D eigenvalue weighted by Crippen LogP contribution is -2.50. The van der Waals surface area contributed by atoms with Gasteiger partial charge in [0.15, 0.2) is 0 Å². The fraction of sp³-hybridized carbons (Fsp3) is 0.278. The largest absolute Gasteiger partial charge is 0.340 e. The summed E-state index contributed by atoms with van der Waals surface area (Å²) in [5.41, 5.74) is 0.764. The molecule has 0 saturated carbocycles. The molecule has 0 aliphatic carbocycles. The maximum Gasteiger partial charge on any atom is 0.244 e. The minimum Gasteiger partial charge on any atom is -0.340 e. The second-order valence-corrected chi connectivity index (χ2v) is 9.27. The molecular formula is C18H17Cl3N2O3S. The quantitative estimate of drug-likeness (QED) is 0.718. The fourth-order valence-electron chi connectivity index (χ4n) is 2.91. The van der Waals surface area contributed by atoms with Crippen LogP contribution in [0.5, 0.6) is 0 Å². The Balaban J connectivity index is 1.63. The van der Waals surface area contributed by atoms with Gasteiger partial charge in [0.05, 0.1) is 21.5 Å². The van der Waals surface area contributed by atoms with Gasteiger partial charge in [0, 0.05) is 26.2 Å². The first-order valence-corrected chi connectivity index (χ1v) is 10.8. The SMILES string of the molecule is O=C(Cc1ccc(Cl)c(Cl)c1)N1CCN(S(=O)(=O)c2ccccc2Cl)CC1. The summed E-state index contributed by atoms with van der Waals surface area (Å²) in [5, 5.41) is 1.03. The van der Waals surface area contributed by atoms with Crippen molar-refractivity contribution in [2.75, 3.05) is 26.2 Å². The predicted octanol–water partition coefficient (Wildman–Crippen LogP) is 3.72. The normalized spacial score (nSPS) is 15.7. The Morgan fingerprint density at radius 3 is 2.19 bits per heavy atom. The lowest BCUT2D eigenvalue weighted by atomic mass is 10.1. The highest BCUT2D eigenvalue weighted by atomic mass is 35.5. The molecule has 27 heavy (non-hydrogen) atoms. The second kappa shape index (κ2) is 8.37. The van der Waals surface area contributed by atoms with E-state index in [1.807, 2.05) is 0 Å². The molecule has 0 N–H and O–H groups in total. The lowest BCUT2D eigenvalue weighted by Gasteiger charge is -2.34. The van der Waals surface area contributed by atoms with E-state index in [4.69, 9.17) is 34.8 Å². The zero-order valence-corrected chi connectivity index (χ0v) is 17.3. The Hall–Kier alpha value is -1.31. The van der Waals surface area contributed by atoms with Gasteiger partial charge in [0.25, 0.3) is 0 Å². The molecule has 2 aromatic carbocycles. The van der Waals surface area contributed by atoms with Crippen molar-refractivity contribution in [2.24, 2.45) is 0 Å². The molecule has 2 aromatic rings. The van der Waals surface area contributed by atoms with E-state index in [1.54, 1.807) is 41.3 Å². The number of benzene rings is 2. The molecule has 1 heterocycles. The van der Waals surface area contributed by atoms with Crippen molar-refractivity contribution >= 4 is 50.7 Å². The molecule has 5 nitrogen and oxygen atoms in total. The molecule has 0 spiro atoms. The van der Waals surface area contributed by atoms with Crippen LogP contribution in [0.3, 0.4) is 0 Å². The van der Waals surface area contributed by atoms with Crippen LogP contribution in [0.1, 0.15) is 5.56 Å². The van der Waals surface area contributed by atoms with Gasteiger partial charge in [0.2, 0.25) is 15.9 Å². The van der Waals surface area contributed by atoms with Crippen LogP contribution < -0.4 is 0 Å². The van der Waals surface area contributed by atoms with Crippen molar-refractivity contribution in [3.63, 3.8) is 0 Å². The first-order chi connectivity index (χ1) is 12.8. The number of halogens is 3. The minimum atomic E-state index is -3.68. The van der Waals surface area contributed by atoms with E-state index in [2.05, 4.69) is 0 Å². The summed E-state index contributed by atoms with van der Waals surface area (Å²) in [4.78, 5) is 14.2. The van der Waals surface area contributed by atoms with Crippen LogP contribution in [0.15, 0.2) is 47.4 Å². The van der Waals surface area contributed by atoms with E-state index in [1.165, 1.54) is 10.4 Å². The number of piperazine rings is 1. The number of carbonyl (C=O) groups excluding carboxylic acids is 1. The highest BCUT2D eigenvalue weighted by Gasteiger charge is 2.31. The van der Waals surface area contributed by atoms with E-state index in [0.29, 0.717) is 23.1 Å². The highest BCUT2D eigenvalue weighted by Crippen LogP contribution is 2.26. The Bertz CT molecular complexity index is 958. The number of carbonyl (C=O) groups is 1. The summed E-state index contributed by atoms with van der Waals surface area (Å²) in [6, 6.07) is 11.4. The molecule has 0 radical (unpaired) electrons. The van der Waals surface area contributed by atoms with Crippen molar-refractivity contribution in [1.29, 1.82) is 0 Å². The van der Waals surface area contributed by atoms with Crippen molar-refractivity contribution in [1.82, 2.24) is 9.21 Å². The molecule has 144 valence electrons. The van der Waals surface area contributed by atoms with Gasteiger partial charge < -0.3 is 4.90 Å². The fourth-order valence-corrected chi connectivity index (χ4v) is 5.14. The molecule has 0 bridgehead atoms. The van der Waals surface area contributed by atoms with Gasteiger partial charge in [-0.15, -0.1) is 0 Å². The summed E-state index contributed by atoms with van der Waals surface area (Å²) >= 11 is 17.9. The first-order valence-electron chi connectivity index (χ1n) is 8.25. The van der Waals surface area contributed by atoms with Gasteiger partial charge in [-0.25, -0.2) is 8.42 Å². The minimum absolute atomic E-state index is 0.0804. The Morgan fingerprint density at radius 2 is 1.56 bits per heavy atom. The third kappa shape index (κ3) is 4.58. The number of hydrogen-bond acceptors (Lipinski definition) is 3. The van der Waals surface area contributed by atoms with Crippen LogP contribution in [0.4, 0.5) is 0 Å². The van der Waals surface area contributed by atoms with E-state index >= 15 is 0 Å². The summed E-state index contributed by atoms with van der Waals surface area (Å²) in [6.07, 6.45) is 0.189. The average Bonchev–Trinajstić information content (AvgIpc) is 2.65. The van der Waals surface area contributed by atoms with Crippen molar-refractivity contribution in [2.45, 2.75) is 11.3 Å². The van der Waals surface area contributed by atoms with E-state index < -0.39 is 10.0 Å². The smallest absolute Gasteiger partial charge is 0.244 e. The van der Waals surface area contributed by atoms with Crippen LogP contribution in [0, 0.1) is 0 Å². The van der Waals surface area contributed by atoms with Gasteiger partial charge in [0.1, 0.15) is 4.90 Å². The Kier molecular flexibility index (Phi) is 6.33. The van der Waals surface area contributed by atoms with Gasteiger partial charge in [-0.2, -0.15) is 4.31 Å². The Morgan fingerprint density at radius 1 is 0.889 bits per heavy atom. The maximum absolute atomic E-state index is 12.8. The molecule has 3 rings (SSSR count). The van der Waals surface area contributed by atoms with Gasteiger partial charge in [-0.3, -0.25) is 4.79 Å². The number of rotatable bonds is 4. The van der Waals surface area contributed by atoms with Crippen LogP contribution in [-0.4, -0.2) is 49.7 Å². The molecular weight excluding hydrogens is 431 g/mol. The topological polar surface area (TPSA) is 57.7 Å². The molecule has 9 heteroatoms. The molecule has 1 aliphatic rings. The molecule has 1 saturated heterocycles. The maximum atomic E-state index is 12.8. The first kappa shape index (κ1) is 20.4. The van der Waals surface area contributed by atoms with Crippen LogP contribution in [0.2, 0.25) is 15.1 Å². The Labute approximate surface area is 173 Å². The molecule has 1 amide bonds. The molecule has 1 aliphatic heterocycles. The zero-order chi connectivity index (χ0) is 19.6. The van der Waals surface area contributed by atoms with Crippen molar-refractivity contribution in [3.05, 3.63) is 63.1 Å². The summed E-state index contributed by atoms with van der Waals surface area (Å²) in [5.74, 6) is -0.0804. The molecule has 0 unspecified atom stereocenters. The summed E-state index contributed by atoms with van der Waals surface area (Å²) in [7, 11) is -3.68. The van der Waals surface area contributed by atoms with Crippen LogP contribution >= 0.6 is 34.8 Å². The summed E-state index contributed by atoms with van der Waals surface area (Å²) < 4.78 is 26.9. The average molecular weight is 448 g/mol. The van der Waals surface area contributed by atoms with Gasteiger partial charge >= 0.3 is 0 Å². The van der Waals surface area contributed by atoms with Gasteiger partial charge in [-0.1, -0.05) is 53.0 Å². The highest BCUT2D eigenvalue weighted by molar-refractivity contribution is 7.89. The molecule has 1 fully saturated rings. The van der Waals surface area contributed by atoms with Crippen LogP contribution in [-0.2, 0) is 21.2 Å². The lowest BCUT2D eigenvalue weighted by molar-refractivity contribution is -0.131. The van der Waals surface area contributed by atoms with Crippen LogP contribution in [0.25, 0.3) is 0 Å². The third-order valence-electron chi connectivity index (χ3n) is 4.39. The monoisotopic (exact) mass is 446 g/mol. The number of amides is 1.